The number of benzene rings is 2. The number of anilines is 1. The van der Waals surface area contributed by atoms with Crippen molar-refractivity contribution in [1.29, 1.82) is 5.26 Å². The molecule has 0 aliphatic carbocycles. The number of carbonyl (C=O) groups excluding carboxylic acids is 3. The minimum absolute atomic E-state index is 0.292. The molecule has 0 radical (unpaired) electrons. The molecular formula is C19H17N3O4. The molecule has 0 aliphatic rings. The topological polar surface area (TPSA) is 108 Å². The molecule has 0 saturated carbocycles. The summed E-state index contributed by atoms with van der Waals surface area (Å²) in [6, 6.07) is 17.2. The standard InChI is InChI=1S/C19H17N3O4/c20-11-10-14-6-8-16(9-7-14)22-17(23)13-26-18(24)12-21-19(25)15-4-2-1-3-5-15/h1-9H,10,12-13H2,(H,21,25)(H,22,23). The fourth-order valence-corrected chi connectivity index (χ4v) is 2.04. The Labute approximate surface area is 150 Å². The summed E-state index contributed by atoms with van der Waals surface area (Å²) in [5, 5.41) is 13.6. The van der Waals surface area contributed by atoms with Gasteiger partial charge in [-0.15, -0.1) is 0 Å². The number of amides is 2. The summed E-state index contributed by atoms with van der Waals surface area (Å²) < 4.78 is 4.82. The summed E-state index contributed by atoms with van der Waals surface area (Å²) in [6.45, 7) is -0.788. The highest BCUT2D eigenvalue weighted by atomic mass is 16.5. The Morgan fingerprint density at radius 3 is 2.35 bits per heavy atom. The Bertz CT molecular complexity index is 811. The highest BCUT2D eigenvalue weighted by molar-refractivity contribution is 5.96. The quantitative estimate of drug-likeness (QED) is 0.738. The van der Waals surface area contributed by atoms with Crippen molar-refractivity contribution in [2.75, 3.05) is 18.5 Å². The van der Waals surface area contributed by atoms with Gasteiger partial charge in [-0.25, -0.2) is 0 Å². The van der Waals surface area contributed by atoms with Crippen LogP contribution < -0.4 is 10.6 Å². The molecule has 2 amide bonds. The molecule has 0 atom stereocenters. The minimum atomic E-state index is -0.714. The van der Waals surface area contributed by atoms with Gasteiger partial charge in [0, 0.05) is 11.3 Å². The number of rotatable bonds is 7. The van der Waals surface area contributed by atoms with Crippen molar-refractivity contribution in [2.24, 2.45) is 0 Å². The van der Waals surface area contributed by atoms with Crippen LogP contribution in [0.25, 0.3) is 0 Å². The monoisotopic (exact) mass is 351 g/mol. The summed E-state index contributed by atoms with van der Waals surface area (Å²) >= 11 is 0. The van der Waals surface area contributed by atoms with Gasteiger partial charge in [-0.2, -0.15) is 5.26 Å². The van der Waals surface area contributed by atoms with Gasteiger partial charge in [0.1, 0.15) is 6.54 Å². The Morgan fingerprint density at radius 2 is 1.69 bits per heavy atom. The first-order valence-corrected chi connectivity index (χ1v) is 7.83. The number of hydrogen-bond donors (Lipinski definition) is 2. The van der Waals surface area contributed by atoms with Crippen LogP contribution in [0.15, 0.2) is 54.6 Å². The number of nitriles is 1. The molecule has 2 aromatic carbocycles. The molecule has 0 unspecified atom stereocenters. The van der Waals surface area contributed by atoms with Crippen molar-refractivity contribution in [2.45, 2.75) is 6.42 Å². The number of ether oxygens (including phenoxy) is 1. The zero-order valence-electron chi connectivity index (χ0n) is 13.9. The maximum Gasteiger partial charge on any atom is 0.325 e. The molecule has 0 heterocycles. The van der Waals surface area contributed by atoms with E-state index in [1.54, 1.807) is 54.6 Å². The molecule has 7 heteroatoms. The van der Waals surface area contributed by atoms with Crippen molar-refractivity contribution in [3.05, 3.63) is 65.7 Å². The summed E-state index contributed by atoms with van der Waals surface area (Å²) in [4.78, 5) is 35.1. The van der Waals surface area contributed by atoms with Gasteiger partial charge < -0.3 is 15.4 Å². The molecule has 0 aliphatic heterocycles. The number of nitrogens with one attached hydrogen (secondary N) is 2. The van der Waals surface area contributed by atoms with E-state index in [4.69, 9.17) is 10.00 Å². The van der Waals surface area contributed by atoms with Crippen LogP contribution in [-0.4, -0.2) is 30.9 Å². The average Bonchev–Trinajstić information content (AvgIpc) is 2.67. The van der Waals surface area contributed by atoms with Crippen LogP contribution in [0.2, 0.25) is 0 Å². The smallest absolute Gasteiger partial charge is 0.325 e. The van der Waals surface area contributed by atoms with Crippen molar-refractivity contribution in [1.82, 2.24) is 5.32 Å². The van der Waals surface area contributed by atoms with Gasteiger partial charge in [0.25, 0.3) is 11.8 Å². The largest absolute Gasteiger partial charge is 0.454 e. The Hall–Kier alpha value is -3.66. The fraction of sp³-hybridized carbons (Fsp3) is 0.158. The summed E-state index contributed by atoms with van der Waals surface area (Å²) in [5.74, 6) is -1.61. The van der Waals surface area contributed by atoms with Crippen LogP contribution in [0.3, 0.4) is 0 Å². The maximum absolute atomic E-state index is 11.8. The lowest BCUT2D eigenvalue weighted by atomic mass is 10.1. The number of carbonyl (C=O) groups is 3. The Kier molecular flexibility index (Phi) is 6.89. The van der Waals surface area contributed by atoms with Gasteiger partial charge in [-0.1, -0.05) is 30.3 Å². The summed E-state index contributed by atoms with van der Waals surface area (Å²) in [5.41, 5.74) is 1.80. The molecule has 26 heavy (non-hydrogen) atoms. The third-order valence-corrected chi connectivity index (χ3v) is 3.31. The molecule has 0 saturated heterocycles. The van der Waals surface area contributed by atoms with Gasteiger partial charge in [-0.3, -0.25) is 14.4 Å². The van der Waals surface area contributed by atoms with E-state index in [-0.39, 0.29) is 6.54 Å². The SMILES string of the molecule is N#CCc1ccc(NC(=O)COC(=O)CNC(=O)c2ccccc2)cc1. The lowest BCUT2D eigenvalue weighted by Crippen LogP contribution is -2.32. The average molecular weight is 351 g/mol. The first-order valence-electron chi connectivity index (χ1n) is 7.83. The number of esters is 1. The lowest BCUT2D eigenvalue weighted by molar-refractivity contribution is -0.146. The second-order valence-electron chi connectivity index (χ2n) is 5.29. The molecule has 0 bridgehead atoms. The van der Waals surface area contributed by atoms with E-state index < -0.39 is 24.4 Å². The van der Waals surface area contributed by atoms with Crippen LogP contribution in [0, 0.1) is 11.3 Å². The fourth-order valence-electron chi connectivity index (χ4n) is 2.04. The highest BCUT2D eigenvalue weighted by Gasteiger charge is 2.10. The van der Waals surface area contributed by atoms with Gasteiger partial charge in [-0.05, 0) is 29.8 Å². The van der Waals surface area contributed by atoms with Gasteiger partial charge in [0.15, 0.2) is 6.61 Å². The molecule has 2 N–H and O–H groups in total. The summed E-state index contributed by atoms with van der Waals surface area (Å²) in [6.07, 6.45) is 0.292. The molecular weight excluding hydrogens is 334 g/mol. The van der Waals surface area contributed by atoms with E-state index in [0.29, 0.717) is 17.7 Å². The van der Waals surface area contributed by atoms with Crippen LogP contribution in [0.5, 0.6) is 0 Å². The van der Waals surface area contributed by atoms with E-state index in [1.165, 1.54) is 0 Å². The maximum atomic E-state index is 11.8. The molecule has 132 valence electrons. The number of nitrogens with zero attached hydrogens (tertiary/aromatic N) is 1. The zero-order chi connectivity index (χ0) is 18.8. The molecule has 0 spiro atoms. The van der Waals surface area contributed by atoms with Crippen molar-refractivity contribution >= 4 is 23.5 Å². The van der Waals surface area contributed by atoms with E-state index in [1.807, 2.05) is 6.07 Å². The minimum Gasteiger partial charge on any atom is -0.454 e. The zero-order valence-corrected chi connectivity index (χ0v) is 13.9. The third kappa shape index (κ3) is 6.09. The second-order valence-corrected chi connectivity index (χ2v) is 5.29. The van der Waals surface area contributed by atoms with Crippen LogP contribution in [0.1, 0.15) is 15.9 Å². The van der Waals surface area contributed by atoms with Gasteiger partial charge >= 0.3 is 5.97 Å². The predicted molar refractivity (Wildman–Crippen MR) is 94.1 cm³/mol. The van der Waals surface area contributed by atoms with E-state index >= 15 is 0 Å². The first kappa shape index (κ1) is 18.7. The summed E-state index contributed by atoms with van der Waals surface area (Å²) in [7, 11) is 0. The molecule has 2 aromatic rings. The van der Waals surface area contributed by atoms with Crippen LogP contribution >= 0.6 is 0 Å². The van der Waals surface area contributed by atoms with Crippen LogP contribution in [0.4, 0.5) is 5.69 Å². The van der Waals surface area contributed by atoms with Crippen molar-refractivity contribution in [3.63, 3.8) is 0 Å². The van der Waals surface area contributed by atoms with Gasteiger partial charge in [0.05, 0.1) is 12.5 Å². The third-order valence-electron chi connectivity index (χ3n) is 3.31. The second kappa shape index (κ2) is 9.59. The predicted octanol–water partition coefficient (Wildman–Crippen LogP) is 1.66. The van der Waals surface area contributed by atoms with Gasteiger partial charge in [0.2, 0.25) is 0 Å². The molecule has 7 nitrogen and oxygen atoms in total. The Morgan fingerprint density at radius 1 is 1.00 bits per heavy atom. The van der Waals surface area contributed by atoms with E-state index in [0.717, 1.165) is 5.56 Å². The Balaban J connectivity index is 1.70. The number of hydrogen-bond acceptors (Lipinski definition) is 5. The molecule has 0 aromatic heterocycles. The molecule has 0 fully saturated rings. The van der Waals surface area contributed by atoms with Crippen LogP contribution in [-0.2, 0) is 20.7 Å². The normalized spacial score (nSPS) is 9.65. The lowest BCUT2D eigenvalue weighted by Gasteiger charge is -2.08. The molecule has 2 rings (SSSR count). The van der Waals surface area contributed by atoms with E-state index in [9.17, 15) is 14.4 Å². The first-order chi connectivity index (χ1) is 12.6. The highest BCUT2D eigenvalue weighted by Crippen LogP contribution is 2.09. The van der Waals surface area contributed by atoms with Crippen molar-refractivity contribution in [3.8, 4) is 6.07 Å². The van der Waals surface area contributed by atoms with Crippen molar-refractivity contribution < 1.29 is 19.1 Å². The van der Waals surface area contributed by atoms with E-state index in [2.05, 4.69) is 10.6 Å².